The topological polar surface area (TPSA) is 85.1 Å². The number of hydrogen-bond acceptors (Lipinski definition) is 5. The van der Waals surface area contributed by atoms with Crippen LogP contribution in [0.25, 0.3) is 10.2 Å². The molecule has 122 valence electrons. The molecule has 1 amide bonds. The van der Waals surface area contributed by atoms with E-state index < -0.39 is 4.92 Å². The molecule has 0 saturated heterocycles. The molecule has 0 saturated carbocycles. The zero-order valence-corrected chi connectivity index (χ0v) is 14.0. The summed E-state index contributed by atoms with van der Waals surface area (Å²) in [5.74, 6) is 0.00377. The number of aromatic nitrogens is 1. The van der Waals surface area contributed by atoms with Crippen molar-refractivity contribution in [1.82, 2.24) is 4.98 Å². The maximum atomic E-state index is 12.3. The average molecular weight is 341 g/mol. The molecule has 0 fully saturated rings. The SMILES string of the molecule is CC(C)c1cccc2sc(NC(=O)c3ccc([N+](=O)[O-])cc3)nc12. The van der Waals surface area contributed by atoms with E-state index in [1.54, 1.807) is 0 Å². The van der Waals surface area contributed by atoms with Crippen molar-refractivity contribution >= 4 is 38.3 Å². The Hall–Kier alpha value is -2.80. The largest absolute Gasteiger partial charge is 0.298 e. The predicted molar refractivity (Wildman–Crippen MR) is 94.8 cm³/mol. The van der Waals surface area contributed by atoms with Gasteiger partial charge in [-0.25, -0.2) is 4.98 Å². The van der Waals surface area contributed by atoms with E-state index in [-0.39, 0.29) is 11.6 Å². The molecule has 0 aliphatic heterocycles. The molecule has 3 aromatic rings. The van der Waals surface area contributed by atoms with Crippen molar-refractivity contribution in [2.45, 2.75) is 19.8 Å². The van der Waals surface area contributed by atoms with Crippen LogP contribution in [-0.2, 0) is 0 Å². The Kier molecular flexibility index (Phi) is 4.26. The van der Waals surface area contributed by atoms with Gasteiger partial charge in [-0.3, -0.25) is 20.2 Å². The van der Waals surface area contributed by atoms with Gasteiger partial charge < -0.3 is 0 Å². The van der Waals surface area contributed by atoms with Crippen LogP contribution in [0.5, 0.6) is 0 Å². The highest BCUT2D eigenvalue weighted by Crippen LogP contribution is 2.31. The van der Waals surface area contributed by atoms with Gasteiger partial charge in [-0.05, 0) is 29.7 Å². The standard InChI is InChI=1S/C17H15N3O3S/c1-10(2)13-4-3-5-14-15(13)18-17(24-14)19-16(21)11-6-8-12(9-7-11)20(22)23/h3-10H,1-2H3,(H,18,19,21). The molecule has 1 aromatic heterocycles. The van der Waals surface area contributed by atoms with Crippen LogP contribution >= 0.6 is 11.3 Å². The van der Waals surface area contributed by atoms with Gasteiger partial charge in [-0.2, -0.15) is 0 Å². The van der Waals surface area contributed by atoms with E-state index in [4.69, 9.17) is 0 Å². The number of amides is 1. The van der Waals surface area contributed by atoms with Crippen LogP contribution in [0.2, 0.25) is 0 Å². The van der Waals surface area contributed by atoms with Crippen molar-refractivity contribution < 1.29 is 9.72 Å². The molecule has 0 aliphatic rings. The molecular formula is C17H15N3O3S. The number of para-hydroxylation sites is 1. The number of carbonyl (C=O) groups is 1. The van der Waals surface area contributed by atoms with Gasteiger partial charge in [0.15, 0.2) is 5.13 Å². The summed E-state index contributed by atoms with van der Waals surface area (Å²) in [6.07, 6.45) is 0. The highest BCUT2D eigenvalue weighted by Gasteiger charge is 2.14. The van der Waals surface area contributed by atoms with E-state index in [1.165, 1.54) is 35.6 Å². The molecule has 1 heterocycles. The van der Waals surface area contributed by atoms with E-state index in [2.05, 4.69) is 24.1 Å². The van der Waals surface area contributed by atoms with Crippen molar-refractivity contribution in [3.63, 3.8) is 0 Å². The number of hydrogen-bond donors (Lipinski definition) is 1. The minimum absolute atomic E-state index is 0.0480. The van der Waals surface area contributed by atoms with E-state index in [1.807, 2.05) is 18.2 Å². The Bertz CT molecular complexity index is 916. The third-order valence-corrected chi connectivity index (χ3v) is 4.57. The van der Waals surface area contributed by atoms with Crippen LogP contribution in [0.3, 0.4) is 0 Å². The number of nitrogens with zero attached hydrogens (tertiary/aromatic N) is 2. The fourth-order valence-electron chi connectivity index (χ4n) is 2.39. The van der Waals surface area contributed by atoms with Crippen molar-refractivity contribution in [3.8, 4) is 0 Å². The van der Waals surface area contributed by atoms with E-state index in [9.17, 15) is 14.9 Å². The number of nitro benzene ring substituents is 1. The maximum absolute atomic E-state index is 12.3. The second-order valence-electron chi connectivity index (χ2n) is 5.63. The number of nitro groups is 1. The number of benzene rings is 2. The Balaban J connectivity index is 1.85. The van der Waals surface area contributed by atoms with Crippen molar-refractivity contribution in [1.29, 1.82) is 0 Å². The lowest BCUT2D eigenvalue weighted by atomic mass is 10.0. The Labute approximate surface area is 142 Å². The lowest BCUT2D eigenvalue weighted by molar-refractivity contribution is -0.384. The number of thiazole rings is 1. The Morgan fingerprint density at radius 2 is 1.92 bits per heavy atom. The third kappa shape index (κ3) is 3.11. The minimum Gasteiger partial charge on any atom is -0.298 e. The molecule has 6 nitrogen and oxygen atoms in total. The average Bonchev–Trinajstić information content (AvgIpc) is 2.96. The van der Waals surface area contributed by atoms with Crippen molar-refractivity contribution in [2.75, 3.05) is 5.32 Å². The van der Waals surface area contributed by atoms with Crippen LogP contribution in [0.4, 0.5) is 10.8 Å². The second-order valence-corrected chi connectivity index (χ2v) is 6.66. The van der Waals surface area contributed by atoms with Gasteiger partial charge in [0.1, 0.15) is 0 Å². The number of fused-ring (bicyclic) bond motifs is 1. The van der Waals surface area contributed by atoms with Gasteiger partial charge in [-0.15, -0.1) is 0 Å². The van der Waals surface area contributed by atoms with Crippen LogP contribution in [0.1, 0.15) is 35.7 Å². The molecule has 3 rings (SSSR count). The van der Waals surface area contributed by atoms with Crippen molar-refractivity contribution in [3.05, 3.63) is 63.7 Å². The molecule has 0 radical (unpaired) electrons. The summed E-state index contributed by atoms with van der Waals surface area (Å²) in [7, 11) is 0. The molecule has 0 atom stereocenters. The minimum atomic E-state index is -0.497. The van der Waals surface area contributed by atoms with Crippen LogP contribution in [0.15, 0.2) is 42.5 Å². The first-order valence-electron chi connectivity index (χ1n) is 7.41. The van der Waals surface area contributed by atoms with Gasteiger partial charge in [0, 0.05) is 17.7 Å². The summed E-state index contributed by atoms with van der Waals surface area (Å²) in [6, 6.07) is 11.5. The summed E-state index contributed by atoms with van der Waals surface area (Å²) < 4.78 is 1.01. The van der Waals surface area contributed by atoms with Gasteiger partial charge >= 0.3 is 0 Å². The number of carbonyl (C=O) groups excluding carboxylic acids is 1. The molecular weight excluding hydrogens is 326 g/mol. The van der Waals surface area contributed by atoms with E-state index in [0.29, 0.717) is 16.6 Å². The zero-order valence-electron chi connectivity index (χ0n) is 13.1. The van der Waals surface area contributed by atoms with Gasteiger partial charge in [-0.1, -0.05) is 37.3 Å². The number of nitrogens with one attached hydrogen (secondary N) is 1. The van der Waals surface area contributed by atoms with E-state index >= 15 is 0 Å². The monoisotopic (exact) mass is 341 g/mol. The smallest absolute Gasteiger partial charge is 0.269 e. The first kappa shape index (κ1) is 16.1. The Morgan fingerprint density at radius 3 is 2.54 bits per heavy atom. The predicted octanol–water partition coefficient (Wildman–Crippen LogP) is 4.58. The molecule has 7 heteroatoms. The number of rotatable bonds is 4. The Morgan fingerprint density at radius 1 is 1.21 bits per heavy atom. The molecule has 0 bridgehead atoms. The summed E-state index contributed by atoms with van der Waals surface area (Å²) in [6.45, 7) is 4.20. The van der Waals surface area contributed by atoms with Gasteiger partial charge in [0.05, 0.1) is 15.1 Å². The van der Waals surface area contributed by atoms with Crippen LogP contribution in [0, 0.1) is 10.1 Å². The van der Waals surface area contributed by atoms with Crippen molar-refractivity contribution in [2.24, 2.45) is 0 Å². The third-order valence-electron chi connectivity index (χ3n) is 3.63. The normalized spacial score (nSPS) is 11.0. The molecule has 0 aliphatic carbocycles. The van der Waals surface area contributed by atoms with Gasteiger partial charge in [0.25, 0.3) is 11.6 Å². The quantitative estimate of drug-likeness (QED) is 0.556. The fraction of sp³-hybridized carbons (Fsp3) is 0.176. The molecule has 0 spiro atoms. The highest BCUT2D eigenvalue weighted by atomic mass is 32.1. The van der Waals surface area contributed by atoms with Gasteiger partial charge in [0.2, 0.25) is 0 Å². The van der Waals surface area contributed by atoms with E-state index in [0.717, 1.165) is 15.8 Å². The molecule has 0 unspecified atom stereocenters. The molecule has 1 N–H and O–H groups in total. The lowest BCUT2D eigenvalue weighted by Crippen LogP contribution is -2.11. The molecule has 24 heavy (non-hydrogen) atoms. The highest BCUT2D eigenvalue weighted by molar-refractivity contribution is 7.22. The summed E-state index contributed by atoms with van der Waals surface area (Å²) in [5.41, 5.74) is 2.34. The lowest BCUT2D eigenvalue weighted by Gasteiger charge is -2.04. The summed E-state index contributed by atoms with van der Waals surface area (Å²) >= 11 is 1.41. The number of non-ortho nitro benzene ring substituents is 1. The first-order chi connectivity index (χ1) is 11.5. The maximum Gasteiger partial charge on any atom is 0.269 e. The fourth-order valence-corrected chi connectivity index (χ4v) is 3.29. The first-order valence-corrected chi connectivity index (χ1v) is 8.22. The second kappa shape index (κ2) is 6.37. The summed E-state index contributed by atoms with van der Waals surface area (Å²) in [4.78, 5) is 27.0. The summed E-state index contributed by atoms with van der Waals surface area (Å²) in [5, 5.41) is 13.9. The zero-order chi connectivity index (χ0) is 17.3. The number of anilines is 1. The van der Waals surface area contributed by atoms with Crippen LogP contribution in [-0.4, -0.2) is 15.8 Å². The van der Waals surface area contributed by atoms with Crippen LogP contribution < -0.4 is 5.32 Å². The molecule has 2 aromatic carbocycles.